The molecule has 1 rings (SSSR count). The Balaban J connectivity index is 3.64. The minimum Gasteiger partial charge on any atom is -0.258 e. The van der Waals surface area contributed by atoms with Gasteiger partial charge >= 0.3 is 11.4 Å². The van der Waals surface area contributed by atoms with Gasteiger partial charge in [0.1, 0.15) is 12.1 Å². The predicted octanol–water partition coefficient (Wildman–Crippen LogP) is 1.25. The van der Waals surface area contributed by atoms with Crippen LogP contribution in [-0.4, -0.2) is 9.85 Å². The SMILES string of the molecule is N#Cc1cc([N+](=O)[O-])c([N+](=O)[O-])cc1C#N. The summed E-state index contributed by atoms with van der Waals surface area (Å²) in [5.41, 5.74) is -2.14. The Morgan fingerprint density at radius 2 is 1.25 bits per heavy atom. The highest BCUT2D eigenvalue weighted by Gasteiger charge is 2.26. The van der Waals surface area contributed by atoms with E-state index in [2.05, 4.69) is 0 Å². The first-order chi connectivity index (χ1) is 7.51. The molecule has 8 heteroatoms. The van der Waals surface area contributed by atoms with Crippen LogP contribution in [0, 0.1) is 42.9 Å². The lowest BCUT2D eigenvalue weighted by Gasteiger charge is -1.97. The Bertz CT molecular complexity index is 516. The molecule has 0 radical (unpaired) electrons. The number of nitro groups is 2. The molecule has 0 aliphatic heterocycles. The molecule has 0 aliphatic rings. The standard InChI is InChI=1S/C8H2N4O4/c9-3-5-1-7(11(13)14)8(12(15)16)2-6(5)4-10/h1-2H. The van der Waals surface area contributed by atoms with E-state index in [1.807, 2.05) is 0 Å². The fraction of sp³-hybridized carbons (Fsp3) is 0. The molecule has 0 bridgehead atoms. The lowest BCUT2D eigenvalue weighted by Crippen LogP contribution is -1.99. The first kappa shape index (κ1) is 11.1. The van der Waals surface area contributed by atoms with Crippen molar-refractivity contribution in [2.45, 2.75) is 0 Å². The summed E-state index contributed by atoms with van der Waals surface area (Å²) < 4.78 is 0. The third-order valence-corrected chi connectivity index (χ3v) is 1.75. The lowest BCUT2D eigenvalue weighted by molar-refractivity contribution is -0.422. The second kappa shape index (κ2) is 4.02. The minimum atomic E-state index is -0.972. The maximum absolute atomic E-state index is 10.5. The van der Waals surface area contributed by atoms with Crippen LogP contribution in [0.25, 0.3) is 0 Å². The largest absolute Gasteiger partial charge is 0.347 e. The average Bonchev–Trinajstić information content (AvgIpc) is 2.26. The normalized spacial score (nSPS) is 8.88. The molecule has 0 unspecified atom stereocenters. The maximum atomic E-state index is 10.5. The van der Waals surface area contributed by atoms with E-state index in [4.69, 9.17) is 10.5 Å². The van der Waals surface area contributed by atoms with E-state index in [1.165, 1.54) is 0 Å². The van der Waals surface area contributed by atoms with Crippen LogP contribution in [0.5, 0.6) is 0 Å². The number of hydrogen-bond donors (Lipinski definition) is 0. The smallest absolute Gasteiger partial charge is 0.258 e. The molecule has 0 heterocycles. The van der Waals surface area contributed by atoms with Crippen LogP contribution in [0.2, 0.25) is 0 Å². The number of nitriles is 2. The van der Waals surface area contributed by atoms with E-state index in [-0.39, 0.29) is 11.1 Å². The van der Waals surface area contributed by atoms with Gasteiger partial charge in [0.25, 0.3) is 0 Å². The van der Waals surface area contributed by atoms with Crippen molar-refractivity contribution in [3.63, 3.8) is 0 Å². The number of rotatable bonds is 2. The van der Waals surface area contributed by atoms with Gasteiger partial charge in [-0.1, -0.05) is 0 Å². The summed E-state index contributed by atoms with van der Waals surface area (Å²) in [4.78, 5) is 19.1. The molecule has 1 aromatic carbocycles. The van der Waals surface area contributed by atoms with Crippen molar-refractivity contribution in [1.29, 1.82) is 10.5 Å². The molecule has 1 aromatic rings. The third-order valence-electron chi connectivity index (χ3n) is 1.75. The van der Waals surface area contributed by atoms with E-state index in [1.54, 1.807) is 12.1 Å². The maximum Gasteiger partial charge on any atom is 0.347 e. The molecule has 0 saturated heterocycles. The molecule has 0 amide bonds. The Morgan fingerprint density at radius 1 is 0.938 bits per heavy atom. The molecule has 0 fully saturated rings. The van der Waals surface area contributed by atoms with Crippen molar-refractivity contribution in [2.24, 2.45) is 0 Å². The van der Waals surface area contributed by atoms with E-state index < -0.39 is 21.2 Å². The lowest BCUT2D eigenvalue weighted by atomic mass is 10.1. The van der Waals surface area contributed by atoms with E-state index in [0.29, 0.717) is 0 Å². The highest BCUT2D eigenvalue weighted by atomic mass is 16.6. The fourth-order valence-electron chi connectivity index (χ4n) is 1.05. The number of benzene rings is 1. The van der Waals surface area contributed by atoms with Gasteiger partial charge in [0, 0.05) is 12.1 Å². The Morgan fingerprint density at radius 3 is 1.44 bits per heavy atom. The van der Waals surface area contributed by atoms with Crippen molar-refractivity contribution < 1.29 is 9.85 Å². The van der Waals surface area contributed by atoms with Crippen LogP contribution in [0.1, 0.15) is 11.1 Å². The van der Waals surface area contributed by atoms with Crippen molar-refractivity contribution in [2.75, 3.05) is 0 Å². The van der Waals surface area contributed by atoms with Crippen molar-refractivity contribution in [1.82, 2.24) is 0 Å². The zero-order valence-electron chi connectivity index (χ0n) is 7.58. The van der Waals surface area contributed by atoms with Crippen LogP contribution < -0.4 is 0 Å². The van der Waals surface area contributed by atoms with Crippen LogP contribution in [0.3, 0.4) is 0 Å². The molecular formula is C8H2N4O4. The highest BCUT2D eigenvalue weighted by Crippen LogP contribution is 2.29. The number of hydrogen-bond acceptors (Lipinski definition) is 6. The second-order valence-electron chi connectivity index (χ2n) is 2.62. The first-order valence-corrected chi connectivity index (χ1v) is 3.78. The van der Waals surface area contributed by atoms with Crippen LogP contribution in [0.15, 0.2) is 12.1 Å². The summed E-state index contributed by atoms with van der Waals surface area (Å²) in [5, 5.41) is 38.2. The molecule has 0 N–H and O–H groups in total. The molecule has 0 spiro atoms. The van der Waals surface area contributed by atoms with Gasteiger partial charge in [-0.05, 0) is 0 Å². The summed E-state index contributed by atoms with van der Waals surface area (Å²) >= 11 is 0. The quantitative estimate of drug-likeness (QED) is 0.541. The number of nitrogens with zero attached hydrogens (tertiary/aromatic N) is 4. The summed E-state index contributed by atoms with van der Waals surface area (Å²) in [7, 11) is 0. The van der Waals surface area contributed by atoms with Crippen molar-refractivity contribution in [3.05, 3.63) is 43.5 Å². The molecular weight excluding hydrogens is 216 g/mol. The molecule has 0 atom stereocenters. The van der Waals surface area contributed by atoms with Gasteiger partial charge in [0.2, 0.25) is 0 Å². The first-order valence-electron chi connectivity index (χ1n) is 3.78. The average molecular weight is 218 g/mol. The Kier molecular flexibility index (Phi) is 2.78. The topological polar surface area (TPSA) is 134 Å². The predicted molar refractivity (Wildman–Crippen MR) is 49.2 cm³/mol. The van der Waals surface area contributed by atoms with Crippen molar-refractivity contribution >= 4 is 11.4 Å². The molecule has 78 valence electrons. The van der Waals surface area contributed by atoms with E-state index >= 15 is 0 Å². The van der Waals surface area contributed by atoms with E-state index in [0.717, 1.165) is 12.1 Å². The highest BCUT2D eigenvalue weighted by molar-refractivity contribution is 5.62. The summed E-state index contributed by atoms with van der Waals surface area (Å²) in [6, 6.07) is 4.55. The van der Waals surface area contributed by atoms with Crippen molar-refractivity contribution in [3.8, 4) is 12.1 Å². The Labute approximate surface area is 88.3 Å². The van der Waals surface area contributed by atoms with Gasteiger partial charge in [-0.2, -0.15) is 10.5 Å². The summed E-state index contributed by atoms with van der Waals surface area (Å²) in [5.74, 6) is 0. The third kappa shape index (κ3) is 1.76. The molecule has 0 saturated carbocycles. The van der Waals surface area contributed by atoms with Crippen LogP contribution >= 0.6 is 0 Å². The fourth-order valence-corrected chi connectivity index (χ4v) is 1.05. The van der Waals surface area contributed by atoms with Gasteiger partial charge in [0.05, 0.1) is 21.0 Å². The minimum absolute atomic E-state index is 0.264. The number of nitro benzene ring substituents is 2. The summed E-state index contributed by atoms with van der Waals surface area (Å²) in [6.45, 7) is 0. The molecule has 8 nitrogen and oxygen atoms in total. The zero-order chi connectivity index (χ0) is 12.3. The van der Waals surface area contributed by atoms with Gasteiger partial charge < -0.3 is 0 Å². The molecule has 16 heavy (non-hydrogen) atoms. The monoisotopic (exact) mass is 218 g/mol. The second-order valence-corrected chi connectivity index (χ2v) is 2.62. The summed E-state index contributed by atoms with van der Waals surface area (Å²) in [6.07, 6.45) is 0. The van der Waals surface area contributed by atoms with Gasteiger partial charge in [-0.3, -0.25) is 20.2 Å². The van der Waals surface area contributed by atoms with Crippen LogP contribution in [0.4, 0.5) is 11.4 Å². The Hall–Kier alpha value is -3.00. The van der Waals surface area contributed by atoms with E-state index in [9.17, 15) is 20.2 Å². The van der Waals surface area contributed by atoms with Gasteiger partial charge in [0.15, 0.2) is 0 Å². The van der Waals surface area contributed by atoms with Gasteiger partial charge in [-0.25, -0.2) is 0 Å². The molecule has 0 aliphatic carbocycles. The van der Waals surface area contributed by atoms with Gasteiger partial charge in [-0.15, -0.1) is 0 Å². The molecule has 0 aromatic heterocycles. The van der Waals surface area contributed by atoms with Crippen LogP contribution in [-0.2, 0) is 0 Å². The zero-order valence-corrected chi connectivity index (χ0v) is 7.58.